The summed E-state index contributed by atoms with van der Waals surface area (Å²) in [6, 6.07) is 3.34. The number of urea groups is 1. The lowest BCUT2D eigenvalue weighted by atomic mass is 10.1. The summed E-state index contributed by atoms with van der Waals surface area (Å²) in [5.74, 6) is -1.13. The molecule has 2 amide bonds. The number of carbonyl (C=O) groups excluding carboxylic acids is 1. The molecule has 0 fully saturated rings. The normalized spacial score (nSPS) is 11.6. The number of carboxylic acids is 1. The zero-order valence-corrected chi connectivity index (χ0v) is 9.54. The van der Waals surface area contributed by atoms with Gasteiger partial charge in [-0.1, -0.05) is 6.07 Å². The van der Waals surface area contributed by atoms with Gasteiger partial charge in [0.05, 0.1) is 5.56 Å². The highest BCUT2D eigenvalue weighted by molar-refractivity contribution is 7.77. The van der Waals surface area contributed by atoms with E-state index in [9.17, 15) is 18.4 Å². The number of aromatic carboxylic acids is 1. The third kappa shape index (κ3) is 3.54. The number of anilines is 1. The third-order valence-electron chi connectivity index (χ3n) is 1.99. The Morgan fingerprint density at radius 3 is 2.59 bits per heavy atom. The molecule has 17 heavy (non-hydrogen) atoms. The minimum atomic E-state index is -2.72. The summed E-state index contributed by atoms with van der Waals surface area (Å²) in [6.07, 6.45) is 0. The van der Waals surface area contributed by atoms with Crippen molar-refractivity contribution >= 4 is 29.0 Å². The number of carbonyl (C=O) groups is 2. The van der Waals surface area contributed by atoms with Gasteiger partial charge in [-0.05, 0) is 24.6 Å². The van der Waals surface area contributed by atoms with Crippen molar-refractivity contribution in [1.29, 1.82) is 0 Å². The molecule has 0 aliphatic rings. The molecule has 0 aliphatic heterocycles. The molecule has 0 saturated carbocycles. The van der Waals surface area contributed by atoms with E-state index in [4.69, 9.17) is 5.11 Å². The van der Waals surface area contributed by atoms with E-state index in [1.54, 1.807) is 4.72 Å². The monoisotopic (exact) mass is 257 g/mol. The average Bonchev–Trinajstić information content (AvgIpc) is 2.19. The molecule has 7 nitrogen and oxygen atoms in total. The Balaban J connectivity index is 2.92. The molecule has 8 heteroatoms. The Bertz CT molecular complexity index is 488. The predicted octanol–water partition coefficient (Wildman–Crippen LogP) is 0.609. The van der Waals surface area contributed by atoms with Gasteiger partial charge in [0.25, 0.3) is 0 Å². The van der Waals surface area contributed by atoms with E-state index < -0.39 is 23.3 Å². The standard InChI is InChI=1S/C9H10N2O5S/c1-5-6(8(12)13)3-2-4-7(5)10-9(14)11-17(15)16/h2-4H,1H3,(H,12,13)(H,15,16)(H2,10,11,14)/p-1. The molecule has 92 valence electrons. The van der Waals surface area contributed by atoms with Crippen LogP contribution in [0, 0.1) is 6.92 Å². The van der Waals surface area contributed by atoms with Crippen molar-refractivity contribution in [1.82, 2.24) is 4.72 Å². The van der Waals surface area contributed by atoms with Crippen LogP contribution in [0.25, 0.3) is 0 Å². The van der Waals surface area contributed by atoms with Crippen LogP contribution in [-0.2, 0) is 11.3 Å². The van der Waals surface area contributed by atoms with E-state index in [0.717, 1.165) is 0 Å². The van der Waals surface area contributed by atoms with E-state index in [1.807, 2.05) is 0 Å². The maximum Gasteiger partial charge on any atom is 0.336 e. The van der Waals surface area contributed by atoms with Crippen LogP contribution in [0.3, 0.4) is 0 Å². The molecule has 0 aliphatic carbocycles. The highest BCUT2D eigenvalue weighted by Gasteiger charge is 2.11. The summed E-state index contributed by atoms with van der Waals surface area (Å²) in [7, 11) is 0. The number of hydrogen-bond donors (Lipinski definition) is 3. The van der Waals surface area contributed by atoms with Crippen LogP contribution in [0.2, 0.25) is 0 Å². The molecule has 3 N–H and O–H groups in total. The fraction of sp³-hybridized carbons (Fsp3) is 0.111. The predicted molar refractivity (Wildman–Crippen MR) is 59.2 cm³/mol. The Labute approximate surface area is 99.3 Å². The second-order valence-corrected chi connectivity index (χ2v) is 3.75. The molecule has 1 aromatic rings. The molecule has 0 spiro atoms. The lowest BCUT2D eigenvalue weighted by Crippen LogP contribution is -2.30. The van der Waals surface area contributed by atoms with Crippen LogP contribution >= 0.6 is 0 Å². The highest BCUT2D eigenvalue weighted by Crippen LogP contribution is 2.18. The lowest BCUT2D eigenvalue weighted by molar-refractivity contribution is 0.0696. The molecule has 0 heterocycles. The van der Waals surface area contributed by atoms with Crippen molar-refractivity contribution in [3.05, 3.63) is 29.3 Å². The largest absolute Gasteiger partial charge is 0.755 e. The van der Waals surface area contributed by atoms with Crippen molar-refractivity contribution < 1.29 is 23.5 Å². The lowest BCUT2D eigenvalue weighted by Gasteiger charge is -2.12. The summed E-state index contributed by atoms with van der Waals surface area (Å²) in [6.45, 7) is 1.51. The summed E-state index contributed by atoms with van der Waals surface area (Å²) >= 11 is -2.72. The SMILES string of the molecule is Cc1c(NC(=O)NS(=O)[O-])cccc1C(=O)O. The van der Waals surface area contributed by atoms with E-state index in [-0.39, 0.29) is 11.3 Å². The number of carboxylic acid groups (broad SMARTS) is 1. The first-order valence-corrected chi connectivity index (χ1v) is 5.49. The third-order valence-corrected chi connectivity index (χ3v) is 2.34. The molecule has 0 bridgehead atoms. The van der Waals surface area contributed by atoms with Crippen molar-refractivity contribution in [2.24, 2.45) is 0 Å². The fourth-order valence-electron chi connectivity index (χ4n) is 1.23. The first-order chi connectivity index (χ1) is 7.91. The fourth-order valence-corrected chi connectivity index (χ4v) is 1.43. The highest BCUT2D eigenvalue weighted by atomic mass is 32.2. The van der Waals surface area contributed by atoms with Crippen LogP contribution in [-0.4, -0.2) is 25.9 Å². The molecule has 0 radical (unpaired) electrons. The number of benzene rings is 1. The minimum absolute atomic E-state index is 0.0334. The molecular formula is C9H9N2O5S-. The van der Waals surface area contributed by atoms with Gasteiger partial charge in [0.15, 0.2) is 0 Å². The van der Waals surface area contributed by atoms with Gasteiger partial charge in [-0.3, -0.25) is 8.93 Å². The second-order valence-electron chi connectivity index (χ2n) is 3.07. The number of nitrogens with one attached hydrogen (secondary N) is 2. The van der Waals surface area contributed by atoms with Gasteiger partial charge in [-0.2, -0.15) is 0 Å². The Hall–Kier alpha value is -1.93. The second kappa shape index (κ2) is 5.41. The maximum atomic E-state index is 11.1. The number of rotatable bonds is 3. The van der Waals surface area contributed by atoms with Gasteiger partial charge in [-0.25, -0.2) is 9.59 Å². The van der Waals surface area contributed by atoms with Crippen LogP contribution in [0.1, 0.15) is 15.9 Å². The number of hydrogen-bond acceptors (Lipinski definition) is 4. The first-order valence-electron chi connectivity index (χ1n) is 4.41. The first kappa shape index (κ1) is 13.1. The average molecular weight is 257 g/mol. The summed E-state index contributed by atoms with van der Waals surface area (Å²) < 4.78 is 22.0. The van der Waals surface area contributed by atoms with E-state index >= 15 is 0 Å². The van der Waals surface area contributed by atoms with Crippen LogP contribution in [0.15, 0.2) is 18.2 Å². The van der Waals surface area contributed by atoms with Gasteiger partial charge in [0.2, 0.25) is 0 Å². The van der Waals surface area contributed by atoms with E-state index in [1.165, 1.54) is 25.1 Å². The zero-order chi connectivity index (χ0) is 13.0. The van der Waals surface area contributed by atoms with Crippen LogP contribution in [0.5, 0.6) is 0 Å². The molecular weight excluding hydrogens is 248 g/mol. The van der Waals surface area contributed by atoms with Crippen molar-refractivity contribution in [2.45, 2.75) is 6.92 Å². The van der Waals surface area contributed by atoms with E-state index in [0.29, 0.717) is 5.56 Å². The summed E-state index contributed by atoms with van der Waals surface area (Å²) in [4.78, 5) is 21.9. The Morgan fingerprint density at radius 1 is 1.41 bits per heavy atom. The Morgan fingerprint density at radius 2 is 2.06 bits per heavy atom. The van der Waals surface area contributed by atoms with Gasteiger partial charge in [-0.15, -0.1) is 0 Å². The molecule has 1 aromatic carbocycles. The Kier molecular flexibility index (Phi) is 4.18. The van der Waals surface area contributed by atoms with Gasteiger partial charge >= 0.3 is 12.0 Å². The van der Waals surface area contributed by atoms with Gasteiger partial charge in [0, 0.05) is 17.0 Å². The molecule has 1 atom stereocenters. The van der Waals surface area contributed by atoms with E-state index in [2.05, 4.69) is 5.32 Å². The van der Waals surface area contributed by atoms with Crippen molar-refractivity contribution in [2.75, 3.05) is 5.32 Å². The number of amides is 2. The molecule has 1 rings (SSSR count). The summed E-state index contributed by atoms with van der Waals surface area (Å²) in [5, 5.41) is 11.1. The quantitative estimate of drug-likeness (QED) is 0.685. The van der Waals surface area contributed by atoms with Gasteiger partial charge < -0.3 is 15.0 Å². The summed E-state index contributed by atoms with van der Waals surface area (Å²) in [5.41, 5.74) is 0.603. The molecule has 0 saturated heterocycles. The molecule has 1 unspecified atom stereocenters. The maximum absolute atomic E-state index is 11.1. The van der Waals surface area contributed by atoms with Crippen molar-refractivity contribution in [3.63, 3.8) is 0 Å². The topological polar surface area (TPSA) is 119 Å². The van der Waals surface area contributed by atoms with Crippen LogP contribution < -0.4 is 10.0 Å². The molecule has 0 aromatic heterocycles. The zero-order valence-electron chi connectivity index (χ0n) is 8.72. The van der Waals surface area contributed by atoms with Crippen LogP contribution in [0.4, 0.5) is 10.5 Å². The van der Waals surface area contributed by atoms with Gasteiger partial charge in [0.1, 0.15) is 0 Å². The van der Waals surface area contributed by atoms with Crippen molar-refractivity contribution in [3.8, 4) is 0 Å². The smallest absolute Gasteiger partial charge is 0.336 e. The minimum Gasteiger partial charge on any atom is -0.755 e.